The highest BCUT2D eigenvalue weighted by atomic mass is 32.2. The highest BCUT2D eigenvalue weighted by molar-refractivity contribution is 7.99. The molecule has 2 aliphatic rings. The lowest BCUT2D eigenvalue weighted by Gasteiger charge is -2.33. The number of nitrogens with two attached hydrogens (primary N) is 1. The fraction of sp³-hybridized carbons (Fsp3) is 0.579. The van der Waals surface area contributed by atoms with Crippen LogP contribution in [-0.2, 0) is 11.0 Å². The molecule has 0 aromatic heterocycles. The van der Waals surface area contributed by atoms with Crippen LogP contribution < -0.4 is 11.1 Å². The van der Waals surface area contributed by atoms with Crippen molar-refractivity contribution in [2.24, 2.45) is 11.7 Å². The number of alkyl halides is 3. The van der Waals surface area contributed by atoms with E-state index in [2.05, 4.69) is 5.32 Å². The molecule has 1 heterocycles. The van der Waals surface area contributed by atoms with E-state index in [-0.39, 0.29) is 17.9 Å². The maximum atomic E-state index is 14.0. The van der Waals surface area contributed by atoms with Gasteiger partial charge in [0.05, 0.1) is 23.0 Å². The summed E-state index contributed by atoms with van der Waals surface area (Å²) in [6, 6.07) is 1.06. The number of hydrogen-bond acceptors (Lipinski definition) is 4. The van der Waals surface area contributed by atoms with Crippen molar-refractivity contribution in [3.63, 3.8) is 0 Å². The highest BCUT2D eigenvalue weighted by Gasteiger charge is 2.34. The van der Waals surface area contributed by atoms with Crippen LogP contribution in [0.2, 0.25) is 0 Å². The average molecular weight is 433 g/mol. The van der Waals surface area contributed by atoms with Crippen molar-refractivity contribution in [3.05, 3.63) is 35.1 Å². The van der Waals surface area contributed by atoms with Gasteiger partial charge in [0.1, 0.15) is 5.82 Å². The Balaban J connectivity index is 1.52. The van der Waals surface area contributed by atoms with Crippen molar-refractivity contribution in [2.75, 3.05) is 18.2 Å². The van der Waals surface area contributed by atoms with Gasteiger partial charge in [0, 0.05) is 18.3 Å². The summed E-state index contributed by atoms with van der Waals surface area (Å²) >= 11 is 1.69. The Morgan fingerprint density at radius 1 is 1.21 bits per heavy atom. The molecule has 10 heteroatoms. The summed E-state index contributed by atoms with van der Waals surface area (Å²) in [6.45, 7) is 0.710. The molecule has 29 heavy (non-hydrogen) atoms. The van der Waals surface area contributed by atoms with E-state index in [0.29, 0.717) is 50.2 Å². The first-order valence-electron chi connectivity index (χ1n) is 9.46. The van der Waals surface area contributed by atoms with Gasteiger partial charge in [-0.25, -0.2) is 4.39 Å². The Morgan fingerprint density at radius 2 is 1.90 bits per heavy atom. The predicted octanol–water partition coefficient (Wildman–Crippen LogP) is 2.99. The molecular formula is C19H23F4N3O2S. The van der Waals surface area contributed by atoms with Gasteiger partial charge in [0.15, 0.2) is 0 Å². The Labute approximate surface area is 170 Å². The number of rotatable bonds is 4. The predicted molar refractivity (Wildman–Crippen MR) is 102 cm³/mol. The van der Waals surface area contributed by atoms with Gasteiger partial charge in [0.25, 0.3) is 5.91 Å². The second-order valence-corrected chi connectivity index (χ2v) is 8.52. The summed E-state index contributed by atoms with van der Waals surface area (Å²) in [5, 5.41) is 2.68. The maximum absolute atomic E-state index is 14.0. The van der Waals surface area contributed by atoms with Gasteiger partial charge in [-0.05, 0) is 49.8 Å². The van der Waals surface area contributed by atoms with Crippen LogP contribution in [0.3, 0.4) is 0 Å². The van der Waals surface area contributed by atoms with Gasteiger partial charge in [-0.2, -0.15) is 13.2 Å². The number of carbonyl (C=O) groups is 2. The third-order valence-corrected chi connectivity index (χ3v) is 6.47. The number of thioether (sulfide) groups is 1. The molecule has 1 atom stereocenters. The number of halogens is 4. The molecule has 1 aliphatic carbocycles. The maximum Gasteiger partial charge on any atom is 0.416 e. The zero-order valence-corrected chi connectivity index (χ0v) is 16.5. The summed E-state index contributed by atoms with van der Waals surface area (Å²) in [5.74, 6) is -0.399. The third kappa shape index (κ3) is 5.22. The summed E-state index contributed by atoms with van der Waals surface area (Å²) in [5.41, 5.74) is 4.59. The molecule has 1 aromatic carbocycles. The van der Waals surface area contributed by atoms with E-state index in [9.17, 15) is 27.2 Å². The normalized spacial score (nSPS) is 23.7. The molecular weight excluding hydrogens is 410 g/mol. The molecule has 5 nitrogen and oxygen atoms in total. The van der Waals surface area contributed by atoms with E-state index >= 15 is 0 Å². The number of carbonyl (C=O) groups excluding carboxylic acids is 2. The topological polar surface area (TPSA) is 75.4 Å². The average Bonchev–Trinajstić information content (AvgIpc) is 3.21. The van der Waals surface area contributed by atoms with Crippen LogP contribution in [-0.4, -0.2) is 47.0 Å². The number of nitrogens with zero attached hydrogens (tertiary/aromatic N) is 1. The molecule has 1 saturated carbocycles. The zero-order valence-electron chi connectivity index (χ0n) is 15.7. The molecule has 1 aromatic rings. The Bertz CT molecular complexity index is 760. The van der Waals surface area contributed by atoms with Crippen molar-refractivity contribution in [1.29, 1.82) is 0 Å². The fourth-order valence-corrected chi connectivity index (χ4v) is 4.72. The van der Waals surface area contributed by atoms with Crippen LogP contribution >= 0.6 is 11.8 Å². The van der Waals surface area contributed by atoms with Crippen molar-refractivity contribution in [3.8, 4) is 0 Å². The minimum absolute atomic E-state index is 0.0176. The lowest BCUT2D eigenvalue weighted by Crippen LogP contribution is -2.49. The summed E-state index contributed by atoms with van der Waals surface area (Å²) < 4.78 is 51.8. The first-order valence-corrected chi connectivity index (χ1v) is 10.6. The van der Waals surface area contributed by atoms with Crippen LogP contribution in [0, 0.1) is 11.7 Å². The molecule has 0 bridgehead atoms. The van der Waals surface area contributed by atoms with Crippen LogP contribution in [0.15, 0.2) is 18.2 Å². The first-order chi connectivity index (χ1) is 13.7. The highest BCUT2D eigenvalue weighted by Crippen LogP contribution is 2.31. The van der Waals surface area contributed by atoms with Gasteiger partial charge in [-0.15, -0.1) is 11.8 Å². The quantitative estimate of drug-likeness (QED) is 0.716. The first kappa shape index (κ1) is 21.9. The lowest BCUT2D eigenvalue weighted by molar-refractivity contribution is -0.137. The monoisotopic (exact) mass is 433 g/mol. The standard InChI is InChI=1S/C19H23F4N3O2S/c20-15-9-12(19(21,22)23)3-6-14(15)17(27)25-13-4-1-11(2-5-13)16(24)18(28)26-7-8-29-10-26/h3,6,9,11,13,16H,1-2,4-5,7-8,10,24H2,(H,25,27). The smallest absolute Gasteiger partial charge is 0.349 e. The Kier molecular flexibility index (Phi) is 6.72. The lowest BCUT2D eigenvalue weighted by atomic mass is 9.81. The summed E-state index contributed by atoms with van der Waals surface area (Å²) in [6.07, 6.45) is -2.22. The summed E-state index contributed by atoms with van der Waals surface area (Å²) in [4.78, 5) is 26.5. The molecule has 1 aliphatic heterocycles. The molecule has 1 unspecified atom stereocenters. The van der Waals surface area contributed by atoms with Gasteiger partial charge in [-0.1, -0.05) is 0 Å². The molecule has 0 spiro atoms. The molecule has 3 N–H and O–H groups in total. The number of benzene rings is 1. The second-order valence-electron chi connectivity index (χ2n) is 7.44. The van der Waals surface area contributed by atoms with Gasteiger partial charge >= 0.3 is 6.18 Å². The largest absolute Gasteiger partial charge is 0.416 e. The fourth-order valence-electron chi connectivity index (χ4n) is 3.76. The van der Waals surface area contributed by atoms with E-state index in [1.165, 1.54) is 0 Å². The molecule has 1 saturated heterocycles. The van der Waals surface area contributed by atoms with Crippen LogP contribution in [0.1, 0.15) is 41.6 Å². The Morgan fingerprint density at radius 3 is 2.45 bits per heavy atom. The number of amides is 2. The van der Waals surface area contributed by atoms with Crippen molar-refractivity contribution in [2.45, 2.75) is 43.9 Å². The van der Waals surface area contributed by atoms with Gasteiger partial charge in [0.2, 0.25) is 5.91 Å². The summed E-state index contributed by atoms with van der Waals surface area (Å²) in [7, 11) is 0. The molecule has 2 amide bonds. The van der Waals surface area contributed by atoms with E-state index < -0.39 is 35.1 Å². The minimum Gasteiger partial charge on any atom is -0.349 e. The molecule has 160 valence electrons. The van der Waals surface area contributed by atoms with E-state index in [4.69, 9.17) is 5.73 Å². The Hall–Kier alpha value is -1.81. The zero-order chi connectivity index (χ0) is 21.2. The van der Waals surface area contributed by atoms with E-state index in [1.54, 1.807) is 16.7 Å². The SMILES string of the molecule is NC(C(=O)N1CCSC1)C1CCC(NC(=O)c2ccc(C(F)(F)F)cc2F)CC1. The molecule has 3 rings (SSSR count). The van der Waals surface area contributed by atoms with Crippen molar-refractivity contribution >= 4 is 23.6 Å². The third-order valence-electron chi connectivity index (χ3n) is 5.51. The van der Waals surface area contributed by atoms with Gasteiger partial charge < -0.3 is 16.0 Å². The minimum atomic E-state index is -4.67. The molecule has 0 radical (unpaired) electrons. The number of nitrogens with one attached hydrogen (secondary N) is 1. The van der Waals surface area contributed by atoms with Crippen LogP contribution in [0.25, 0.3) is 0 Å². The van der Waals surface area contributed by atoms with Crippen LogP contribution in [0.4, 0.5) is 17.6 Å². The van der Waals surface area contributed by atoms with Crippen molar-refractivity contribution < 1.29 is 27.2 Å². The molecule has 2 fully saturated rings. The second kappa shape index (κ2) is 8.91. The van der Waals surface area contributed by atoms with E-state index in [0.717, 1.165) is 11.8 Å². The van der Waals surface area contributed by atoms with Crippen molar-refractivity contribution in [1.82, 2.24) is 10.2 Å². The van der Waals surface area contributed by atoms with Crippen LogP contribution in [0.5, 0.6) is 0 Å². The van der Waals surface area contributed by atoms with Gasteiger partial charge in [-0.3, -0.25) is 9.59 Å². The number of hydrogen-bond donors (Lipinski definition) is 2. The van der Waals surface area contributed by atoms with E-state index in [1.807, 2.05) is 0 Å².